The van der Waals surface area contributed by atoms with E-state index in [4.69, 9.17) is 0 Å². The minimum absolute atomic E-state index is 0.0456. The lowest BCUT2D eigenvalue weighted by Crippen LogP contribution is -2.50. The van der Waals surface area contributed by atoms with Crippen molar-refractivity contribution in [2.75, 3.05) is 41.7 Å². The van der Waals surface area contributed by atoms with Crippen LogP contribution in [0.15, 0.2) is 42.5 Å². The second-order valence-electron chi connectivity index (χ2n) is 8.94. The van der Waals surface area contributed by atoms with Gasteiger partial charge in [-0.25, -0.2) is 9.18 Å². The Morgan fingerprint density at radius 2 is 1.69 bits per heavy atom. The number of urea groups is 1. The number of benzene rings is 2. The summed E-state index contributed by atoms with van der Waals surface area (Å²) in [6.45, 7) is 1.42. The van der Waals surface area contributed by atoms with Gasteiger partial charge in [0.05, 0.1) is 11.3 Å². The predicted octanol–water partition coefficient (Wildman–Crippen LogP) is 6.26. The van der Waals surface area contributed by atoms with E-state index in [1.165, 1.54) is 11.8 Å². The van der Waals surface area contributed by atoms with Crippen LogP contribution in [0.3, 0.4) is 0 Å². The van der Waals surface area contributed by atoms with Crippen molar-refractivity contribution in [1.82, 2.24) is 9.88 Å². The number of amides is 2. The smallest absolute Gasteiger partial charge is 0.378 e. The molecule has 2 N–H and O–H groups in total. The molecule has 1 aliphatic rings. The van der Waals surface area contributed by atoms with Crippen LogP contribution in [0.1, 0.15) is 22.3 Å². The summed E-state index contributed by atoms with van der Waals surface area (Å²) in [4.78, 5) is 19.0. The lowest BCUT2D eigenvalue weighted by Gasteiger charge is -2.37. The molecule has 0 saturated carbocycles. The number of pyridine rings is 1. The number of para-hydroxylation sites is 1. The SMILES string of the molecule is Cc1c(F)nc(F)c(F)c1NCc1ccccc1N1CCN(C(=O)Nc2cc(CF)cc(C(F)(F)F)c2)CC1. The molecule has 208 valence electrons. The first-order valence-electron chi connectivity index (χ1n) is 11.9. The molecule has 1 saturated heterocycles. The first kappa shape index (κ1) is 28.0. The fourth-order valence-corrected chi connectivity index (χ4v) is 4.31. The molecule has 0 spiro atoms. The molecular formula is C26H24F7N5O. The molecule has 0 radical (unpaired) electrons. The summed E-state index contributed by atoms with van der Waals surface area (Å²) in [7, 11) is 0. The van der Waals surface area contributed by atoms with Crippen molar-refractivity contribution in [2.45, 2.75) is 26.3 Å². The molecule has 0 unspecified atom stereocenters. The number of aromatic nitrogens is 1. The molecule has 1 fully saturated rings. The van der Waals surface area contributed by atoms with E-state index >= 15 is 0 Å². The van der Waals surface area contributed by atoms with Gasteiger partial charge in [-0.15, -0.1) is 0 Å². The number of hydrogen-bond donors (Lipinski definition) is 2. The van der Waals surface area contributed by atoms with Crippen molar-refractivity contribution < 1.29 is 35.5 Å². The lowest BCUT2D eigenvalue weighted by molar-refractivity contribution is -0.137. The van der Waals surface area contributed by atoms with Crippen molar-refractivity contribution in [3.8, 4) is 0 Å². The third kappa shape index (κ3) is 6.35. The number of nitrogens with one attached hydrogen (secondary N) is 2. The Bertz CT molecular complexity index is 1330. The average molecular weight is 555 g/mol. The van der Waals surface area contributed by atoms with Crippen molar-refractivity contribution in [3.63, 3.8) is 0 Å². The van der Waals surface area contributed by atoms with Gasteiger partial charge in [-0.2, -0.15) is 31.3 Å². The number of carbonyl (C=O) groups excluding carboxylic acids is 1. The molecule has 3 aromatic rings. The molecule has 0 atom stereocenters. The van der Waals surface area contributed by atoms with Crippen molar-refractivity contribution in [1.29, 1.82) is 0 Å². The maximum atomic E-state index is 14.2. The van der Waals surface area contributed by atoms with Gasteiger partial charge in [-0.3, -0.25) is 0 Å². The summed E-state index contributed by atoms with van der Waals surface area (Å²) in [6.07, 6.45) is -4.69. The fraction of sp³-hybridized carbons (Fsp3) is 0.308. The molecule has 4 rings (SSSR count). The Morgan fingerprint density at radius 3 is 2.36 bits per heavy atom. The molecule has 0 aliphatic carbocycles. The zero-order valence-corrected chi connectivity index (χ0v) is 20.7. The number of carbonyl (C=O) groups is 1. The van der Waals surface area contributed by atoms with E-state index in [9.17, 15) is 35.5 Å². The predicted molar refractivity (Wildman–Crippen MR) is 132 cm³/mol. The Labute approximate surface area is 219 Å². The van der Waals surface area contributed by atoms with Gasteiger partial charge in [-0.1, -0.05) is 18.2 Å². The van der Waals surface area contributed by atoms with Gasteiger partial charge in [-0.05, 0) is 42.3 Å². The highest BCUT2D eigenvalue weighted by Crippen LogP contribution is 2.32. The minimum atomic E-state index is -4.69. The molecule has 2 aromatic carbocycles. The highest BCUT2D eigenvalue weighted by Gasteiger charge is 2.32. The Kier molecular flexibility index (Phi) is 8.17. The van der Waals surface area contributed by atoms with E-state index in [-0.39, 0.29) is 42.1 Å². The van der Waals surface area contributed by atoms with Gasteiger partial charge in [0.2, 0.25) is 11.8 Å². The highest BCUT2D eigenvalue weighted by molar-refractivity contribution is 5.89. The van der Waals surface area contributed by atoms with Crippen molar-refractivity contribution in [3.05, 3.63) is 82.4 Å². The van der Waals surface area contributed by atoms with E-state index < -0.39 is 42.2 Å². The number of hydrogen-bond acceptors (Lipinski definition) is 4. The zero-order valence-electron chi connectivity index (χ0n) is 20.7. The first-order chi connectivity index (χ1) is 18.5. The third-order valence-corrected chi connectivity index (χ3v) is 6.36. The van der Waals surface area contributed by atoms with Crippen LogP contribution in [0.4, 0.5) is 52.6 Å². The van der Waals surface area contributed by atoms with Gasteiger partial charge < -0.3 is 20.4 Å². The molecule has 1 aromatic heterocycles. The minimum Gasteiger partial charge on any atom is -0.378 e. The molecule has 6 nitrogen and oxygen atoms in total. The number of rotatable bonds is 6. The lowest BCUT2D eigenvalue weighted by atomic mass is 10.1. The maximum absolute atomic E-state index is 14.2. The molecule has 0 bridgehead atoms. The molecule has 13 heteroatoms. The standard InChI is InChI=1S/C26H24F7N5O/c1-15-22(21(28)24(30)36-23(15)29)34-14-17-4-2-3-5-20(17)37-6-8-38(9-7-37)25(39)35-19-11-16(13-27)10-18(12-19)26(31,32)33/h2-5,10-12H,6-9,13-14H2,1H3,(H,34,36)(H,35,39). The van der Waals surface area contributed by atoms with Gasteiger partial charge in [0.25, 0.3) is 5.95 Å². The van der Waals surface area contributed by atoms with Gasteiger partial charge in [0.15, 0.2) is 0 Å². The topological polar surface area (TPSA) is 60.5 Å². The molecule has 2 amide bonds. The number of alkyl halides is 4. The molecular weight excluding hydrogens is 531 g/mol. The van der Waals surface area contributed by atoms with E-state index in [0.29, 0.717) is 24.7 Å². The zero-order chi connectivity index (χ0) is 28.3. The largest absolute Gasteiger partial charge is 0.416 e. The van der Waals surface area contributed by atoms with Crippen molar-refractivity contribution in [2.24, 2.45) is 0 Å². The summed E-state index contributed by atoms with van der Waals surface area (Å²) in [5.41, 5.74) is -0.462. The fourth-order valence-electron chi connectivity index (χ4n) is 4.31. The van der Waals surface area contributed by atoms with Crippen LogP contribution in [-0.4, -0.2) is 42.1 Å². The Balaban J connectivity index is 1.41. The first-order valence-corrected chi connectivity index (χ1v) is 11.9. The Morgan fingerprint density at radius 1 is 1.00 bits per heavy atom. The van der Waals surface area contributed by atoms with Crippen LogP contribution >= 0.6 is 0 Å². The molecule has 1 aliphatic heterocycles. The maximum Gasteiger partial charge on any atom is 0.416 e. The summed E-state index contributed by atoms with van der Waals surface area (Å²) in [5.74, 6) is -3.95. The van der Waals surface area contributed by atoms with Crippen LogP contribution in [0.2, 0.25) is 0 Å². The second kappa shape index (κ2) is 11.4. The summed E-state index contributed by atoms with van der Waals surface area (Å²) >= 11 is 0. The highest BCUT2D eigenvalue weighted by atomic mass is 19.4. The molecule has 2 heterocycles. The molecule has 39 heavy (non-hydrogen) atoms. The van der Waals surface area contributed by atoms with Crippen LogP contribution in [0, 0.1) is 24.6 Å². The Hall–Kier alpha value is -4.03. The summed E-state index contributed by atoms with van der Waals surface area (Å²) in [5, 5.41) is 5.15. The number of anilines is 3. The van der Waals surface area contributed by atoms with Crippen molar-refractivity contribution >= 4 is 23.1 Å². The summed E-state index contributed by atoms with van der Waals surface area (Å²) < 4.78 is 94.0. The van der Waals surface area contributed by atoms with Crippen LogP contribution in [-0.2, 0) is 19.4 Å². The third-order valence-electron chi connectivity index (χ3n) is 6.36. The average Bonchev–Trinajstić information content (AvgIpc) is 2.91. The number of halogens is 7. The van der Waals surface area contributed by atoms with Gasteiger partial charge in [0.1, 0.15) is 6.67 Å². The van der Waals surface area contributed by atoms with Crippen LogP contribution in [0.25, 0.3) is 0 Å². The van der Waals surface area contributed by atoms with Crippen LogP contribution in [0.5, 0.6) is 0 Å². The second-order valence-corrected chi connectivity index (χ2v) is 8.94. The number of nitrogens with zero attached hydrogens (tertiary/aromatic N) is 3. The monoisotopic (exact) mass is 555 g/mol. The number of piperazine rings is 1. The van der Waals surface area contributed by atoms with E-state index in [1.54, 1.807) is 18.2 Å². The normalized spacial score (nSPS) is 13.9. The quantitative estimate of drug-likeness (QED) is 0.279. The van der Waals surface area contributed by atoms with Gasteiger partial charge >= 0.3 is 12.2 Å². The van der Waals surface area contributed by atoms with Gasteiger partial charge in [0, 0.05) is 49.7 Å². The van der Waals surface area contributed by atoms with E-state index in [0.717, 1.165) is 17.8 Å². The van der Waals surface area contributed by atoms with E-state index in [2.05, 4.69) is 15.6 Å². The summed E-state index contributed by atoms with van der Waals surface area (Å²) in [6, 6.07) is 9.08. The van der Waals surface area contributed by atoms with E-state index in [1.807, 2.05) is 11.0 Å². The van der Waals surface area contributed by atoms with Crippen LogP contribution < -0.4 is 15.5 Å².